The van der Waals surface area contributed by atoms with Crippen LogP contribution < -0.4 is 10.2 Å². The lowest BCUT2D eigenvalue weighted by Gasteiger charge is -2.14. The average Bonchev–Trinajstić information content (AvgIpc) is 3.42. The minimum absolute atomic E-state index is 0.101. The monoisotopic (exact) mass is 369 g/mol. The van der Waals surface area contributed by atoms with E-state index in [0.29, 0.717) is 17.1 Å². The van der Waals surface area contributed by atoms with Crippen molar-refractivity contribution < 1.29 is 18.6 Å². The highest BCUT2D eigenvalue weighted by molar-refractivity contribution is 5.91. The summed E-state index contributed by atoms with van der Waals surface area (Å²) in [4.78, 5) is 16.4. The lowest BCUT2D eigenvalue weighted by Crippen LogP contribution is -2.39. The summed E-state index contributed by atoms with van der Waals surface area (Å²) in [6.07, 6.45) is 3.83. The van der Waals surface area contributed by atoms with E-state index < -0.39 is 0 Å². The Kier molecular flexibility index (Phi) is 4.84. The quantitative estimate of drug-likeness (QED) is 0.706. The van der Waals surface area contributed by atoms with Gasteiger partial charge in [-0.2, -0.15) is 0 Å². The zero-order chi connectivity index (χ0) is 18.6. The Balaban J connectivity index is 1.42. The molecule has 4 rings (SSSR count). The van der Waals surface area contributed by atoms with Gasteiger partial charge in [0.25, 0.3) is 5.88 Å². The first-order chi connectivity index (χ1) is 13.2. The van der Waals surface area contributed by atoms with Crippen LogP contribution >= 0.6 is 0 Å². The lowest BCUT2D eigenvalue weighted by molar-refractivity contribution is 0.0786. The van der Waals surface area contributed by atoms with Crippen molar-refractivity contribution in [2.45, 2.75) is 26.4 Å². The molecule has 0 saturated carbocycles. The van der Waals surface area contributed by atoms with E-state index in [1.54, 1.807) is 13.1 Å². The molecule has 1 aliphatic heterocycles. The average molecular weight is 369 g/mol. The number of hydrazine groups is 1. The summed E-state index contributed by atoms with van der Waals surface area (Å²) in [7, 11) is 0. The zero-order valence-corrected chi connectivity index (χ0v) is 14.8. The van der Waals surface area contributed by atoms with Gasteiger partial charge in [-0.3, -0.25) is 15.2 Å². The molecular weight excluding hydrogens is 350 g/mol. The summed E-state index contributed by atoms with van der Waals surface area (Å²) in [5.74, 6) is 0.610. The molecule has 1 amide bonds. The topological polar surface area (TPSA) is 107 Å². The summed E-state index contributed by atoms with van der Waals surface area (Å²) >= 11 is 0. The number of aryl methyl sites for hydroxylation is 1. The Morgan fingerprint density at radius 2 is 2.11 bits per heavy atom. The van der Waals surface area contributed by atoms with Crippen LogP contribution in [0.3, 0.4) is 0 Å². The Bertz CT molecular complexity index is 915. The molecule has 0 spiro atoms. The normalized spacial score (nSPS) is 14.4. The molecule has 1 aliphatic rings. The van der Waals surface area contributed by atoms with Gasteiger partial charge < -0.3 is 13.8 Å². The van der Waals surface area contributed by atoms with E-state index in [1.165, 1.54) is 6.07 Å². The highest BCUT2D eigenvalue weighted by atomic mass is 16.5. The first-order valence-electron chi connectivity index (χ1n) is 8.72. The summed E-state index contributed by atoms with van der Waals surface area (Å²) in [6, 6.07) is 7.02. The Morgan fingerprint density at radius 3 is 2.89 bits per heavy atom. The van der Waals surface area contributed by atoms with Crippen molar-refractivity contribution in [3.05, 3.63) is 47.5 Å². The molecule has 9 heteroatoms. The van der Waals surface area contributed by atoms with Gasteiger partial charge in [-0.05, 0) is 37.1 Å². The fourth-order valence-corrected chi connectivity index (χ4v) is 2.87. The van der Waals surface area contributed by atoms with E-state index in [2.05, 4.69) is 20.7 Å². The molecule has 0 unspecified atom stereocenters. The number of carbonyl (C=O) groups excluding carboxylic acids is 1. The molecule has 1 saturated heterocycles. The Morgan fingerprint density at radius 1 is 1.26 bits per heavy atom. The number of pyridine rings is 1. The molecule has 3 aromatic rings. The third kappa shape index (κ3) is 3.82. The van der Waals surface area contributed by atoms with Crippen molar-refractivity contribution >= 4 is 5.91 Å². The van der Waals surface area contributed by atoms with E-state index in [0.717, 1.165) is 31.5 Å². The van der Waals surface area contributed by atoms with Crippen LogP contribution in [0.5, 0.6) is 5.88 Å². The van der Waals surface area contributed by atoms with Crippen molar-refractivity contribution in [2.75, 3.05) is 13.1 Å². The van der Waals surface area contributed by atoms with E-state index in [1.807, 2.05) is 23.2 Å². The van der Waals surface area contributed by atoms with Gasteiger partial charge in [-0.1, -0.05) is 11.2 Å². The smallest absolute Gasteiger partial charge is 0.304 e. The van der Waals surface area contributed by atoms with Gasteiger partial charge in [0.1, 0.15) is 18.1 Å². The number of rotatable bonds is 6. The van der Waals surface area contributed by atoms with Gasteiger partial charge in [0.15, 0.2) is 0 Å². The van der Waals surface area contributed by atoms with Gasteiger partial charge >= 0.3 is 5.91 Å². The predicted octanol–water partition coefficient (Wildman–Crippen LogP) is 2.35. The molecule has 0 aliphatic carbocycles. The second-order valence-corrected chi connectivity index (χ2v) is 6.23. The van der Waals surface area contributed by atoms with E-state index in [-0.39, 0.29) is 24.2 Å². The second kappa shape index (κ2) is 7.58. The van der Waals surface area contributed by atoms with E-state index in [4.69, 9.17) is 13.8 Å². The summed E-state index contributed by atoms with van der Waals surface area (Å²) in [5, 5.41) is 9.72. The third-order valence-corrected chi connectivity index (χ3v) is 4.33. The molecular formula is C18H19N5O4. The predicted molar refractivity (Wildman–Crippen MR) is 93.6 cm³/mol. The number of nitrogens with one attached hydrogen (secondary N) is 1. The molecule has 1 N–H and O–H groups in total. The van der Waals surface area contributed by atoms with Crippen LogP contribution in [0.15, 0.2) is 39.5 Å². The highest BCUT2D eigenvalue weighted by Gasteiger charge is 2.20. The molecule has 0 bridgehead atoms. The number of aromatic nitrogens is 3. The molecule has 0 radical (unpaired) electrons. The highest BCUT2D eigenvalue weighted by Crippen LogP contribution is 2.25. The first-order valence-corrected chi connectivity index (χ1v) is 8.72. The van der Waals surface area contributed by atoms with Crippen LogP contribution in [0, 0.1) is 6.92 Å². The van der Waals surface area contributed by atoms with Gasteiger partial charge in [0, 0.05) is 19.3 Å². The molecule has 0 aromatic carbocycles. The SMILES string of the molecule is Cc1onc(-c2ccccn2)c1COc1cc(C(=O)NN2CCCC2)on1. The van der Waals surface area contributed by atoms with Crippen molar-refractivity contribution in [3.63, 3.8) is 0 Å². The van der Waals surface area contributed by atoms with Crippen LogP contribution in [0.4, 0.5) is 0 Å². The third-order valence-electron chi connectivity index (χ3n) is 4.33. The second-order valence-electron chi connectivity index (χ2n) is 6.23. The van der Waals surface area contributed by atoms with E-state index in [9.17, 15) is 4.79 Å². The molecule has 4 heterocycles. The van der Waals surface area contributed by atoms with Crippen molar-refractivity contribution in [1.29, 1.82) is 0 Å². The maximum Gasteiger partial charge on any atom is 0.304 e. The Hall–Kier alpha value is -3.20. The fraction of sp³-hybridized carbons (Fsp3) is 0.333. The minimum Gasteiger partial charge on any atom is -0.470 e. The van der Waals surface area contributed by atoms with Gasteiger partial charge in [-0.25, -0.2) is 5.01 Å². The molecule has 9 nitrogen and oxygen atoms in total. The van der Waals surface area contributed by atoms with Gasteiger partial charge in [-0.15, -0.1) is 0 Å². The molecule has 1 fully saturated rings. The maximum absolute atomic E-state index is 12.2. The van der Waals surface area contributed by atoms with Crippen molar-refractivity contribution in [1.82, 2.24) is 25.7 Å². The number of hydrogen-bond donors (Lipinski definition) is 1. The largest absolute Gasteiger partial charge is 0.470 e. The zero-order valence-electron chi connectivity index (χ0n) is 14.8. The van der Waals surface area contributed by atoms with Crippen LogP contribution in [-0.2, 0) is 6.61 Å². The van der Waals surface area contributed by atoms with Gasteiger partial charge in [0.05, 0.1) is 17.3 Å². The first kappa shape index (κ1) is 17.2. The van der Waals surface area contributed by atoms with Crippen molar-refractivity contribution in [2.24, 2.45) is 0 Å². The number of amides is 1. The minimum atomic E-state index is -0.338. The van der Waals surface area contributed by atoms with Crippen LogP contribution in [0.25, 0.3) is 11.4 Å². The number of nitrogens with zero attached hydrogens (tertiary/aromatic N) is 4. The van der Waals surface area contributed by atoms with E-state index >= 15 is 0 Å². The number of ether oxygens (including phenoxy) is 1. The summed E-state index contributed by atoms with van der Waals surface area (Å²) in [5.41, 5.74) is 4.86. The molecule has 27 heavy (non-hydrogen) atoms. The Labute approximate surface area is 155 Å². The summed E-state index contributed by atoms with van der Waals surface area (Å²) in [6.45, 7) is 3.65. The fourth-order valence-electron chi connectivity index (χ4n) is 2.87. The maximum atomic E-state index is 12.2. The molecule has 140 valence electrons. The molecule has 0 atom stereocenters. The van der Waals surface area contributed by atoms with Crippen LogP contribution in [-0.4, -0.2) is 39.3 Å². The van der Waals surface area contributed by atoms with Crippen LogP contribution in [0.1, 0.15) is 34.7 Å². The summed E-state index contributed by atoms with van der Waals surface area (Å²) < 4.78 is 16.0. The number of carbonyl (C=O) groups is 1. The molecule has 3 aromatic heterocycles. The number of hydrogen-bond acceptors (Lipinski definition) is 8. The van der Waals surface area contributed by atoms with Crippen molar-refractivity contribution in [3.8, 4) is 17.3 Å². The lowest BCUT2D eigenvalue weighted by atomic mass is 10.1. The van der Waals surface area contributed by atoms with Crippen LogP contribution in [0.2, 0.25) is 0 Å². The van der Waals surface area contributed by atoms with Gasteiger partial charge in [0.2, 0.25) is 5.76 Å². The standard InChI is InChI=1S/C18H19N5O4/c1-12-13(17(22-26-12)14-6-2-3-7-19-14)11-25-16-10-15(27-21-16)18(24)20-23-8-4-5-9-23/h2-3,6-7,10H,4-5,8-9,11H2,1H3,(H,20,24).